The molecular weight excluding hydrogens is 390 g/mol. The number of hydrogen-bond acceptors (Lipinski definition) is 4. The van der Waals surface area contributed by atoms with Gasteiger partial charge in [-0.2, -0.15) is 5.26 Å². The van der Waals surface area contributed by atoms with Crippen molar-refractivity contribution in [1.29, 1.82) is 5.26 Å². The summed E-state index contributed by atoms with van der Waals surface area (Å²) in [6, 6.07) is 19.8. The van der Waals surface area contributed by atoms with Crippen LogP contribution < -0.4 is 15.0 Å². The molecule has 6 heteroatoms. The topological polar surface area (TPSA) is 82.4 Å². The van der Waals surface area contributed by atoms with E-state index in [1.165, 1.54) is 0 Å². The van der Waals surface area contributed by atoms with Crippen LogP contribution in [-0.4, -0.2) is 18.4 Å². The molecule has 4 rings (SSSR count). The Kier molecular flexibility index (Phi) is 5.42. The molecule has 0 radical (unpaired) electrons. The highest BCUT2D eigenvalue weighted by molar-refractivity contribution is 6.05. The minimum Gasteiger partial charge on any atom is -0.457 e. The van der Waals surface area contributed by atoms with Crippen molar-refractivity contribution in [2.75, 3.05) is 16.8 Å². The van der Waals surface area contributed by atoms with E-state index in [4.69, 9.17) is 10.00 Å². The maximum absolute atomic E-state index is 12.8. The molecule has 1 N–H and O–H groups in total. The maximum atomic E-state index is 12.8. The standard InChI is InChI=1S/C25H21N3O3/c1-16-13-22(31-21-6-3-18(15-26)4-7-21)8-9-23(16)27-25(30)20-5-10-24-19(14-20)11-12-28(24)17(2)29/h3-10,13-14H,11-12H2,1-2H3,(H,27,30). The lowest BCUT2D eigenvalue weighted by Crippen LogP contribution is -2.25. The number of rotatable bonds is 4. The van der Waals surface area contributed by atoms with Gasteiger partial charge < -0.3 is 15.0 Å². The Bertz CT molecular complexity index is 1210. The van der Waals surface area contributed by atoms with Gasteiger partial charge in [0.15, 0.2) is 0 Å². The molecule has 0 aromatic heterocycles. The fourth-order valence-corrected chi connectivity index (χ4v) is 3.64. The number of anilines is 2. The molecule has 0 saturated carbocycles. The van der Waals surface area contributed by atoms with Gasteiger partial charge in [-0.3, -0.25) is 9.59 Å². The zero-order valence-electron chi connectivity index (χ0n) is 17.3. The molecule has 2 amide bonds. The summed E-state index contributed by atoms with van der Waals surface area (Å²) in [6.07, 6.45) is 0.746. The van der Waals surface area contributed by atoms with Crippen molar-refractivity contribution < 1.29 is 14.3 Å². The second-order valence-electron chi connectivity index (χ2n) is 7.43. The van der Waals surface area contributed by atoms with Crippen LogP contribution in [0, 0.1) is 18.3 Å². The molecule has 0 aliphatic carbocycles. The maximum Gasteiger partial charge on any atom is 0.255 e. The van der Waals surface area contributed by atoms with Crippen molar-refractivity contribution in [2.24, 2.45) is 0 Å². The number of fused-ring (bicyclic) bond motifs is 1. The Balaban J connectivity index is 1.46. The number of nitriles is 1. The average molecular weight is 411 g/mol. The summed E-state index contributed by atoms with van der Waals surface area (Å²) in [5, 5.41) is 11.8. The molecule has 1 heterocycles. The van der Waals surface area contributed by atoms with Crippen LogP contribution in [0.15, 0.2) is 60.7 Å². The van der Waals surface area contributed by atoms with Gasteiger partial charge in [-0.1, -0.05) is 0 Å². The van der Waals surface area contributed by atoms with E-state index in [2.05, 4.69) is 11.4 Å². The molecule has 31 heavy (non-hydrogen) atoms. The third-order valence-electron chi connectivity index (χ3n) is 5.28. The van der Waals surface area contributed by atoms with Crippen LogP contribution in [0.2, 0.25) is 0 Å². The summed E-state index contributed by atoms with van der Waals surface area (Å²) in [6.45, 7) is 4.09. The number of nitrogens with one attached hydrogen (secondary N) is 1. The van der Waals surface area contributed by atoms with E-state index >= 15 is 0 Å². The third-order valence-corrected chi connectivity index (χ3v) is 5.28. The fourth-order valence-electron chi connectivity index (χ4n) is 3.64. The normalized spacial score (nSPS) is 12.1. The van der Waals surface area contributed by atoms with E-state index in [1.807, 2.05) is 25.1 Å². The molecule has 1 aliphatic heterocycles. The summed E-state index contributed by atoms with van der Waals surface area (Å²) in [7, 11) is 0. The largest absolute Gasteiger partial charge is 0.457 e. The summed E-state index contributed by atoms with van der Waals surface area (Å²) >= 11 is 0. The molecule has 3 aromatic carbocycles. The number of carbonyl (C=O) groups excluding carboxylic acids is 2. The van der Waals surface area contributed by atoms with Gasteiger partial charge in [0.25, 0.3) is 5.91 Å². The third kappa shape index (κ3) is 4.26. The SMILES string of the molecule is CC(=O)N1CCc2cc(C(=O)Nc3ccc(Oc4ccc(C#N)cc4)cc3C)ccc21. The van der Waals surface area contributed by atoms with Gasteiger partial charge >= 0.3 is 0 Å². The van der Waals surface area contributed by atoms with Crippen LogP contribution in [-0.2, 0) is 11.2 Å². The number of hydrogen-bond donors (Lipinski definition) is 1. The summed E-state index contributed by atoms with van der Waals surface area (Å²) in [5.41, 5.74) is 4.57. The van der Waals surface area contributed by atoms with E-state index in [0.29, 0.717) is 34.9 Å². The molecule has 0 spiro atoms. The van der Waals surface area contributed by atoms with Crippen molar-refractivity contribution in [1.82, 2.24) is 0 Å². The summed E-state index contributed by atoms with van der Waals surface area (Å²) in [4.78, 5) is 26.2. The number of amides is 2. The van der Waals surface area contributed by atoms with E-state index < -0.39 is 0 Å². The fraction of sp³-hybridized carbons (Fsp3) is 0.160. The Labute approximate surface area is 180 Å². The van der Waals surface area contributed by atoms with Crippen molar-refractivity contribution in [3.05, 3.63) is 82.9 Å². The van der Waals surface area contributed by atoms with Crippen LogP contribution in [0.1, 0.15) is 34.0 Å². The lowest BCUT2D eigenvalue weighted by molar-refractivity contribution is -0.116. The lowest BCUT2D eigenvalue weighted by Gasteiger charge is -2.15. The molecule has 0 bridgehead atoms. The van der Waals surface area contributed by atoms with E-state index in [-0.39, 0.29) is 11.8 Å². The van der Waals surface area contributed by atoms with Gasteiger partial charge in [0.2, 0.25) is 5.91 Å². The molecule has 3 aromatic rings. The van der Waals surface area contributed by atoms with Crippen molar-refractivity contribution in [2.45, 2.75) is 20.3 Å². The van der Waals surface area contributed by atoms with Crippen LogP contribution in [0.4, 0.5) is 11.4 Å². The predicted molar refractivity (Wildman–Crippen MR) is 119 cm³/mol. The van der Waals surface area contributed by atoms with Gasteiger partial charge in [0.05, 0.1) is 11.6 Å². The first-order valence-electron chi connectivity index (χ1n) is 9.95. The van der Waals surface area contributed by atoms with Crippen LogP contribution in [0.3, 0.4) is 0 Å². The Hall–Kier alpha value is -4.11. The monoisotopic (exact) mass is 411 g/mol. The lowest BCUT2D eigenvalue weighted by atomic mass is 10.1. The Morgan fingerprint density at radius 1 is 1.03 bits per heavy atom. The van der Waals surface area contributed by atoms with Gasteiger partial charge in [-0.15, -0.1) is 0 Å². The first-order valence-corrected chi connectivity index (χ1v) is 9.95. The number of aryl methyl sites for hydroxylation is 1. The van der Waals surface area contributed by atoms with Gasteiger partial charge in [0, 0.05) is 30.4 Å². The van der Waals surface area contributed by atoms with E-state index in [0.717, 1.165) is 23.2 Å². The number of carbonyl (C=O) groups is 2. The average Bonchev–Trinajstić information content (AvgIpc) is 3.20. The predicted octanol–water partition coefficient (Wildman–Crippen LogP) is 4.82. The highest BCUT2D eigenvalue weighted by Crippen LogP contribution is 2.30. The second kappa shape index (κ2) is 8.33. The highest BCUT2D eigenvalue weighted by Gasteiger charge is 2.23. The number of ether oxygens (including phenoxy) is 1. The smallest absolute Gasteiger partial charge is 0.255 e. The summed E-state index contributed by atoms with van der Waals surface area (Å²) in [5.74, 6) is 1.08. The zero-order chi connectivity index (χ0) is 22.0. The van der Waals surface area contributed by atoms with Crippen molar-refractivity contribution in [3.63, 3.8) is 0 Å². The number of nitrogens with zero attached hydrogens (tertiary/aromatic N) is 2. The van der Waals surface area contributed by atoms with Gasteiger partial charge in [0.1, 0.15) is 11.5 Å². The molecule has 0 unspecified atom stereocenters. The molecule has 154 valence electrons. The van der Waals surface area contributed by atoms with Crippen LogP contribution >= 0.6 is 0 Å². The minimum atomic E-state index is -0.201. The zero-order valence-corrected chi connectivity index (χ0v) is 17.3. The molecule has 6 nitrogen and oxygen atoms in total. The second-order valence-corrected chi connectivity index (χ2v) is 7.43. The Morgan fingerprint density at radius 2 is 1.77 bits per heavy atom. The highest BCUT2D eigenvalue weighted by atomic mass is 16.5. The van der Waals surface area contributed by atoms with E-state index in [1.54, 1.807) is 54.3 Å². The van der Waals surface area contributed by atoms with Crippen LogP contribution in [0.25, 0.3) is 0 Å². The van der Waals surface area contributed by atoms with Crippen LogP contribution in [0.5, 0.6) is 11.5 Å². The molecule has 0 fully saturated rings. The van der Waals surface area contributed by atoms with Crippen molar-refractivity contribution >= 4 is 23.2 Å². The van der Waals surface area contributed by atoms with Gasteiger partial charge in [-0.25, -0.2) is 0 Å². The molecule has 0 saturated heterocycles. The molecule has 0 atom stereocenters. The first kappa shape index (κ1) is 20.2. The van der Waals surface area contributed by atoms with Crippen molar-refractivity contribution in [3.8, 4) is 17.6 Å². The van der Waals surface area contributed by atoms with E-state index in [9.17, 15) is 9.59 Å². The Morgan fingerprint density at radius 3 is 2.45 bits per heavy atom. The van der Waals surface area contributed by atoms with Gasteiger partial charge in [-0.05, 0) is 85.1 Å². The quantitative estimate of drug-likeness (QED) is 0.667. The molecule has 1 aliphatic rings. The number of benzene rings is 3. The summed E-state index contributed by atoms with van der Waals surface area (Å²) < 4.78 is 5.83. The first-order chi connectivity index (χ1) is 14.9. The molecular formula is C25H21N3O3. The minimum absolute atomic E-state index is 0.00916.